The van der Waals surface area contributed by atoms with Crippen molar-refractivity contribution in [1.82, 2.24) is 0 Å². The van der Waals surface area contributed by atoms with E-state index in [1.165, 1.54) is 51.4 Å². The fourth-order valence-corrected chi connectivity index (χ4v) is 9.99. The molecule has 0 aromatic heterocycles. The first-order chi connectivity index (χ1) is 14.8. The van der Waals surface area contributed by atoms with Gasteiger partial charge in [-0.25, -0.2) is 0 Å². The molecule has 2 heteroatoms. The monoisotopic (exact) mass is 442 g/mol. The Hall–Kier alpha value is -0.340. The predicted octanol–water partition coefficient (Wildman–Crippen LogP) is 7.55. The molecule has 4 fully saturated rings. The first-order valence-corrected chi connectivity index (χ1v) is 13.8. The van der Waals surface area contributed by atoms with Gasteiger partial charge in [0.1, 0.15) is 0 Å². The van der Waals surface area contributed by atoms with Gasteiger partial charge in [-0.05, 0) is 112 Å². The van der Waals surface area contributed by atoms with Crippen LogP contribution in [0.4, 0.5) is 0 Å². The predicted molar refractivity (Wildman–Crippen MR) is 132 cm³/mol. The number of aliphatic hydroxyl groups is 1. The average Bonchev–Trinajstić information content (AvgIpc) is 3.22. The van der Waals surface area contributed by atoms with Gasteiger partial charge in [0.05, 0.1) is 17.8 Å². The Labute approximate surface area is 198 Å². The van der Waals surface area contributed by atoms with E-state index >= 15 is 0 Å². The molecule has 0 aromatic rings. The summed E-state index contributed by atoms with van der Waals surface area (Å²) in [5.74, 6) is 3.11. The molecule has 0 bridgehead atoms. The van der Waals surface area contributed by atoms with E-state index in [9.17, 15) is 5.11 Å². The maximum absolute atomic E-state index is 10.8. The molecule has 1 heterocycles. The molecule has 3 saturated carbocycles. The molecule has 9 atom stereocenters. The molecule has 182 valence electrons. The van der Waals surface area contributed by atoms with Crippen LogP contribution >= 0.6 is 0 Å². The van der Waals surface area contributed by atoms with Gasteiger partial charge in [-0.15, -0.1) is 0 Å². The molecule has 5 rings (SSSR count). The van der Waals surface area contributed by atoms with Gasteiger partial charge in [-0.2, -0.15) is 0 Å². The lowest BCUT2D eigenvalue weighted by Crippen LogP contribution is -2.59. The van der Waals surface area contributed by atoms with Gasteiger partial charge >= 0.3 is 0 Å². The standard InChI is InChI=1S/C30H50O2/c1-19(9-14-25-27(4,5)32-25)20-15-16-30(8)23-12-10-21-22(11-13-24(31)26(21,2)3)28(23,6)17-18-29(20,30)7/h10,19-20,22-25,31H,9,11-18H2,1-8H3. The van der Waals surface area contributed by atoms with E-state index in [-0.39, 0.29) is 17.1 Å². The van der Waals surface area contributed by atoms with E-state index in [2.05, 4.69) is 61.5 Å². The maximum Gasteiger partial charge on any atom is 0.0892 e. The van der Waals surface area contributed by atoms with Crippen molar-refractivity contribution in [2.75, 3.05) is 0 Å². The minimum absolute atomic E-state index is 0.0517. The normalized spacial score (nSPS) is 51.8. The lowest BCUT2D eigenvalue weighted by Gasteiger charge is -2.66. The number of epoxide rings is 1. The summed E-state index contributed by atoms with van der Waals surface area (Å²) in [6.07, 6.45) is 14.5. The first kappa shape index (κ1) is 23.4. The Bertz CT molecular complexity index is 795. The Morgan fingerprint density at radius 2 is 1.66 bits per heavy atom. The zero-order valence-electron chi connectivity index (χ0n) is 22.3. The van der Waals surface area contributed by atoms with Crippen LogP contribution in [-0.4, -0.2) is 22.9 Å². The van der Waals surface area contributed by atoms with E-state index in [0.717, 1.165) is 24.2 Å². The van der Waals surface area contributed by atoms with Crippen LogP contribution in [0, 0.1) is 45.3 Å². The summed E-state index contributed by atoms with van der Waals surface area (Å²) in [5.41, 5.74) is 2.98. The van der Waals surface area contributed by atoms with E-state index < -0.39 is 0 Å². The number of allylic oxidation sites excluding steroid dienone is 1. The smallest absolute Gasteiger partial charge is 0.0892 e. The van der Waals surface area contributed by atoms with Crippen molar-refractivity contribution in [3.8, 4) is 0 Å². The van der Waals surface area contributed by atoms with Gasteiger partial charge in [-0.1, -0.05) is 53.2 Å². The third-order valence-corrected chi connectivity index (χ3v) is 12.6. The topological polar surface area (TPSA) is 32.8 Å². The number of ether oxygens (including phenoxy) is 1. The summed E-state index contributed by atoms with van der Waals surface area (Å²) in [6, 6.07) is 0. The molecule has 0 amide bonds. The lowest BCUT2D eigenvalue weighted by atomic mass is 9.39. The van der Waals surface area contributed by atoms with Crippen LogP contribution < -0.4 is 0 Å². The van der Waals surface area contributed by atoms with Gasteiger partial charge in [0.25, 0.3) is 0 Å². The Kier molecular flexibility index (Phi) is 5.19. The summed E-state index contributed by atoms with van der Waals surface area (Å²) < 4.78 is 5.90. The SMILES string of the molecule is CC(CCC1OC1(C)C)C1CCC2(C)C3CC=C4C(CCC(O)C4(C)C)C3(C)CCC12C. The van der Waals surface area contributed by atoms with Crippen LogP contribution in [0.2, 0.25) is 0 Å². The highest BCUT2D eigenvalue weighted by Crippen LogP contribution is 2.75. The Balaban J connectivity index is 1.39. The molecule has 1 N–H and O–H groups in total. The molecule has 2 nitrogen and oxygen atoms in total. The van der Waals surface area contributed by atoms with Gasteiger partial charge < -0.3 is 9.84 Å². The minimum atomic E-state index is -0.174. The lowest BCUT2D eigenvalue weighted by molar-refractivity contribution is -0.145. The van der Waals surface area contributed by atoms with Gasteiger partial charge in [0.15, 0.2) is 0 Å². The molecule has 0 spiro atoms. The molecule has 32 heavy (non-hydrogen) atoms. The molecule has 4 aliphatic carbocycles. The van der Waals surface area contributed by atoms with Crippen molar-refractivity contribution in [2.45, 2.75) is 131 Å². The summed E-state index contributed by atoms with van der Waals surface area (Å²) in [4.78, 5) is 0. The summed E-state index contributed by atoms with van der Waals surface area (Å²) >= 11 is 0. The third kappa shape index (κ3) is 3.03. The zero-order valence-corrected chi connectivity index (χ0v) is 22.3. The van der Waals surface area contributed by atoms with Crippen LogP contribution in [0.25, 0.3) is 0 Å². The fourth-order valence-electron chi connectivity index (χ4n) is 9.99. The van der Waals surface area contributed by atoms with Gasteiger partial charge in [-0.3, -0.25) is 0 Å². The van der Waals surface area contributed by atoms with Crippen molar-refractivity contribution >= 4 is 0 Å². The van der Waals surface area contributed by atoms with Gasteiger partial charge in [0, 0.05) is 5.41 Å². The van der Waals surface area contributed by atoms with Crippen LogP contribution in [0.15, 0.2) is 11.6 Å². The van der Waals surface area contributed by atoms with E-state index in [1.807, 2.05) is 0 Å². The number of fused-ring (bicyclic) bond motifs is 5. The van der Waals surface area contributed by atoms with Crippen LogP contribution in [0.1, 0.15) is 113 Å². The van der Waals surface area contributed by atoms with Crippen molar-refractivity contribution in [3.63, 3.8) is 0 Å². The fraction of sp³-hybridized carbons (Fsp3) is 0.933. The summed E-state index contributed by atoms with van der Waals surface area (Å²) in [6.45, 7) is 19.7. The van der Waals surface area contributed by atoms with Gasteiger partial charge in [0.2, 0.25) is 0 Å². The third-order valence-electron chi connectivity index (χ3n) is 12.6. The zero-order chi connectivity index (χ0) is 23.3. The van der Waals surface area contributed by atoms with E-state index in [4.69, 9.17) is 4.74 Å². The van der Waals surface area contributed by atoms with Crippen molar-refractivity contribution in [2.24, 2.45) is 45.3 Å². The number of hydrogen-bond acceptors (Lipinski definition) is 2. The molecular formula is C30H50O2. The van der Waals surface area contributed by atoms with Crippen molar-refractivity contribution < 1.29 is 9.84 Å². The van der Waals surface area contributed by atoms with Crippen LogP contribution in [-0.2, 0) is 4.74 Å². The summed E-state index contributed by atoms with van der Waals surface area (Å²) in [7, 11) is 0. The molecule has 5 aliphatic rings. The highest BCUT2D eigenvalue weighted by atomic mass is 16.6. The molecule has 1 saturated heterocycles. The Morgan fingerprint density at radius 3 is 2.31 bits per heavy atom. The summed E-state index contributed by atoms with van der Waals surface area (Å²) in [5, 5.41) is 10.8. The Morgan fingerprint density at radius 1 is 0.969 bits per heavy atom. The second-order valence-electron chi connectivity index (χ2n) is 14.6. The molecule has 1 aliphatic heterocycles. The minimum Gasteiger partial charge on any atom is -0.392 e. The van der Waals surface area contributed by atoms with Crippen LogP contribution in [0.3, 0.4) is 0 Å². The number of hydrogen-bond donors (Lipinski definition) is 1. The largest absolute Gasteiger partial charge is 0.392 e. The quantitative estimate of drug-likeness (QED) is 0.360. The van der Waals surface area contributed by atoms with E-state index in [0.29, 0.717) is 28.3 Å². The molecule has 0 radical (unpaired) electrons. The molecule has 9 unspecified atom stereocenters. The van der Waals surface area contributed by atoms with Crippen molar-refractivity contribution in [1.29, 1.82) is 0 Å². The molecule has 0 aromatic carbocycles. The van der Waals surface area contributed by atoms with Crippen LogP contribution in [0.5, 0.6) is 0 Å². The second kappa shape index (κ2) is 7.09. The highest BCUT2D eigenvalue weighted by molar-refractivity contribution is 5.30. The van der Waals surface area contributed by atoms with Crippen molar-refractivity contribution in [3.05, 3.63) is 11.6 Å². The second-order valence-corrected chi connectivity index (χ2v) is 14.6. The highest BCUT2D eigenvalue weighted by Gasteiger charge is 2.67. The van der Waals surface area contributed by atoms with E-state index in [1.54, 1.807) is 5.57 Å². The number of aliphatic hydroxyl groups excluding tert-OH is 1. The number of rotatable bonds is 4. The maximum atomic E-state index is 10.8. The first-order valence-electron chi connectivity index (χ1n) is 13.8. The molecular weight excluding hydrogens is 392 g/mol. The average molecular weight is 443 g/mol.